The van der Waals surface area contributed by atoms with E-state index in [9.17, 15) is 4.79 Å². The van der Waals surface area contributed by atoms with Crippen LogP contribution in [0.5, 0.6) is 0 Å². The number of carbonyl (C=O) groups is 1. The number of ether oxygens (including phenoxy) is 1. The number of hydrogen-bond acceptors (Lipinski definition) is 5. The Bertz CT molecular complexity index is 916. The van der Waals surface area contributed by atoms with Crippen molar-refractivity contribution in [2.45, 2.75) is 18.8 Å². The molecule has 0 aliphatic heterocycles. The Morgan fingerprint density at radius 1 is 1.28 bits per heavy atom. The summed E-state index contributed by atoms with van der Waals surface area (Å²) in [5, 5.41) is 0.453. The number of rotatable bonds is 4. The number of benzene rings is 1. The van der Waals surface area contributed by atoms with Gasteiger partial charge in [0.05, 0.1) is 18.4 Å². The second-order valence-electron chi connectivity index (χ2n) is 6.34. The van der Waals surface area contributed by atoms with Crippen molar-refractivity contribution >= 4 is 28.8 Å². The van der Waals surface area contributed by atoms with Gasteiger partial charge in [-0.3, -0.25) is 4.40 Å². The molecule has 1 saturated carbocycles. The maximum atomic E-state index is 12.0. The Morgan fingerprint density at radius 3 is 2.80 bits per heavy atom. The number of carbonyl (C=O) groups excluding carboxylic acids is 1. The first kappa shape index (κ1) is 15.9. The van der Waals surface area contributed by atoms with Crippen LogP contribution in [0, 0.1) is 5.92 Å². The topological polar surface area (TPSA) is 82.5 Å². The van der Waals surface area contributed by atoms with Gasteiger partial charge < -0.3 is 10.5 Å². The molecule has 0 bridgehead atoms. The number of hydrogen-bond donors (Lipinski definition) is 1. The summed E-state index contributed by atoms with van der Waals surface area (Å²) in [5.74, 6) is 1.38. The first-order chi connectivity index (χ1) is 12.1. The monoisotopic (exact) mass is 356 g/mol. The molecule has 4 rings (SSSR count). The predicted molar refractivity (Wildman–Crippen MR) is 94.6 cm³/mol. The maximum Gasteiger partial charge on any atom is 0.338 e. The SMILES string of the molecule is Nc1ccc(C(=O)OCC2CC(c3ncc4c(Cl)nccn34)C2)cc1. The fourth-order valence-corrected chi connectivity index (χ4v) is 3.39. The highest BCUT2D eigenvalue weighted by Gasteiger charge is 2.34. The van der Waals surface area contributed by atoms with Crippen LogP contribution in [0.15, 0.2) is 42.9 Å². The summed E-state index contributed by atoms with van der Waals surface area (Å²) in [5.41, 5.74) is 7.58. The van der Waals surface area contributed by atoms with Crippen LogP contribution in [0.4, 0.5) is 5.69 Å². The number of fused-ring (bicyclic) bond motifs is 1. The second-order valence-corrected chi connectivity index (χ2v) is 6.70. The molecule has 1 aliphatic carbocycles. The van der Waals surface area contributed by atoms with E-state index in [1.165, 1.54) is 0 Å². The molecule has 2 aromatic heterocycles. The van der Waals surface area contributed by atoms with Gasteiger partial charge in [0.1, 0.15) is 11.3 Å². The minimum Gasteiger partial charge on any atom is -0.462 e. The lowest BCUT2D eigenvalue weighted by molar-refractivity contribution is 0.0341. The summed E-state index contributed by atoms with van der Waals surface area (Å²) in [7, 11) is 0. The summed E-state index contributed by atoms with van der Waals surface area (Å²) in [6, 6.07) is 6.74. The third-order valence-electron chi connectivity index (χ3n) is 4.64. The maximum absolute atomic E-state index is 12.0. The van der Waals surface area contributed by atoms with Gasteiger partial charge in [-0.25, -0.2) is 14.8 Å². The zero-order chi connectivity index (χ0) is 17.4. The van der Waals surface area contributed by atoms with Gasteiger partial charge in [0.25, 0.3) is 0 Å². The molecule has 0 radical (unpaired) electrons. The second kappa shape index (κ2) is 6.37. The van der Waals surface area contributed by atoms with Crippen LogP contribution in [0.2, 0.25) is 5.15 Å². The number of esters is 1. The van der Waals surface area contributed by atoms with Crippen LogP contribution in [-0.4, -0.2) is 26.9 Å². The van der Waals surface area contributed by atoms with E-state index >= 15 is 0 Å². The summed E-state index contributed by atoms with van der Waals surface area (Å²) in [6.07, 6.45) is 7.17. The van der Waals surface area contributed by atoms with Gasteiger partial charge in [0, 0.05) is 24.0 Å². The minimum atomic E-state index is -0.312. The number of nitrogens with zero attached hydrogens (tertiary/aromatic N) is 3. The Balaban J connectivity index is 1.34. The Morgan fingerprint density at radius 2 is 2.04 bits per heavy atom. The number of anilines is 1. The van der Waals surface area contributed by atoms with Gasteiger partial charge in [-0.1, -0.05) is 11.6 Å². The van der Waals surface area contributed by atoms with Crippen LogP contribution in [-0.2, 0) is 4.74 Å². The smallest absolute Gasteiger partial charge is 0.338 e. The number of aromatic nitrogens is 3. The van der Waals surface area contributed by atoms with Crippen molar-refractivity contribution in [2.24, 2.45) is 5.92 Å². The molecule has 128 valence electrons. The van der Waals surface area contributed by atoms with Crippen molar-refractivity contribution in [3.8, 4) is 0 Å². The standard InChI is InChI=1S/C18H17ClN4O2/c19-16-15-9-22-17(23(15)6-5-21-16)13-7-11(8-13)10-25-18(24)12-1-3-14(20)4-2-12/h1-6,9,11,13H,7-8,10,20H2. The van der Waals surface area contributed by atoms with Crippen LogP contribution < -0.4 is 5.73 Å². The molecular weight excluding hydrogens is 340 g/mol. The summed E-state index contributed by atoms with van der Waals surface area (Å²) in [4.78, 5) is 20.6. The molecule has 0 amide bonds. The van der Waals surface area contributed by atoms with Gasteiger partial charge in [-0.15, -0.1) is 0 Å². The molecule has 6 nitrogen and oxygen atoms in total. The first-order valence-electron chi connectivity index (χ1n) is 8.12. The zero-order valence-corrected chi connectivity index (χ0v) is 14.2. The third kappa shape index (κ3) is 3.05. The molecule has 1 fully saturated rings. The molecule has 3 aromatic rings. The molecular formula is C18H17ClN4O2. The van der Waals surface area contributed by atoms with Crippen LogP contribution in [0.3, 0.4) is 0 Å². The molecule has 0 saturated heterocycles. The molecule has 0 atom stereocenters. The molecule has 2 N–H and O–H groups in total. The minimum absolute atomic E-state index is 0.312. The predicted octanol–water partition coefficient (Wildman–Crippen LogP) is 3.32. The molecule has 25 heavy (non-hydrogen) atoms. The summed E-state index contributed by atoms with van der Waals surface area (Å²) in [6.45, 7) is 0.422. The van der Waals surface area contributed by atoms with E-state index in [2.05, 4.69) is 9.97 Å². The van der Waals surface area contributed by atoms with Gasteiger partial charge >= 0.3 is 5.97 Å². The van der Waals surface area contributed by atoms with Crippen LogP contribution >= 0.6 is 11.6 Å². The first-order valence-corrected chi connectivity index (χ1v) is 8.49. The molecule has 0 unspecified atom stereocenters. The largest absolute Gasteiger partial charge is 0.462 e. The van der Waals surface area contributed by atoms with E-state index < -0.39 is 0 Å². The molecule has 1 aliphatic rings. The number of imidazole rings is 1. The molecule has 1 aromatic carbocycles. The highest BCUT2D eigenvalue weighted by molar-refractivity contribution is 6.32. The Kier molecular flexibility index (Phi) is 4.05. The van der Waals surface area contributed by atoms with Crippen molar-refractivity contribution in [1.82, 2.24) is 14.4 Å². The van der Waals surface area contributed by atoms with E-state index in [1.54, 1.807) is 36.7 Å². The normalized spacial score (nSPS) is 19.6. The van der Waals surface area contributed by atoms with Gasteiger partial charge in [0.15, 0.2) is 5.15 Å². The van der Waals surface area contributed by atoms with Crippen molar-refractivity contribution in [2.75, 3.05) is 12.3 Å². The average Bonchev–Trinajstić information content (AvgIpc) is 2.99. The van der Waals surface area contributed by atoms with E-state index in [-0.39, 0.29) is 5.97 Å². The van der Waals surface area contributed by atoms with E-state index in [1.807, 2.05) is 10.6 Å². The van der Waals surface area contributed by atoms with Crippen molar-refractivity contribution in [3.63, 3.8) is 0 Å². The van der Waals surface area contributed by atoms with Gasteiger partial charge in [-0.05, 0) is 43.0 Å². The lowest BCUT2D eigenvalue weighted by Crippen LogP contribution is -2.28. The lowest BCUT2D eigenvalue weighted by atomic mass is 9.75. The van der Waals surface area contributed by atoms with Gasteiger partial charge in [-0.2, -0.15) is 0 Å². The molecule has 2 heterocycles. The fourth-order valence-electron chi connectivity index (χ4n) is 3.20. The van der Waals surface area contributed by atoms with Crippen LogP contribution in [0.1, 0.15) is 34.9 Å². The van der Waals surface area contributed by atoms with E-state index in [0.29, 0.717) is 34.8 Å². The number of nitrogens with two attached hydrogens (primary N) is 1. The lowest BCUT2D eigenvalue weighted by Gasteiger charge is -2.34. The quantitative estimate of drug-likeness (QED) is 0.572. The van der Waals surface area contributed by atoms with E-state index in [4.69, 9.17) is 22.1 Å². The number of nitrogen functional groups attached to an aromatic ring is 1. The Labute approximate surface area is 149 Å². The Hall–Kier alpha value is -2.60. The van der Waals surface area contributed by atoms with Crippen LogP contribution in [0.25, 0.3) is 5.52 Å². The zero-order valence-electron chi connectivity index (χ0n) is 13.4. The van der Waals surface area contributed by atoms with Crippen molar-refractivity contribution in [3.05, 3.63) is 59.4 Å². The highest BCUT2D eigenvalue weighted by Crippen LogP contribution is 2.41. The highest BCUT2D eigenvalue weighted by atomic mass is 35.5. The fraction of sp³-hybridized carbons (Fsp3) is 0.278. The van der Waals surface area contributed by atoms with E-state index in [0.717, 1.165) is 24.2 Å². The van der Waals surface area contributed by atoms with Crippen molar-refractivity contribution < 1.29 is 9.53 Å². The molecule has 7 heteroatoms. The van der Waals surface area contributed by atoms with Gasteiger partial charge in [0.2, 0.25) is 0 Å². The average molecular weight is 357 g/mol. The summed E-state index contributed by atoms with van der Waals surface area (Å²) >= 11 is 6.08. The number of halogens is 1. The molecule has 0 spiro atoms. The summed E-state index contributed by atoms with van der Waals surface area (Å²) < 4.78 is 7.39. The van der Waals surface area contributed by atoms with Crippen molar-refractivity contribution in [1.29, 1.82) is 0 Å². The third-order valence-corrected chi connectivity index (χ3v) is 4.93.